The summed E-state index contributed by atoms with van der Waals surface area (Å²) in [7, 11) is 2.18. The number of hydrogen-bond donors (Lipinski definition) is 1. The van der Waals surface area contributed by atoms with Crippen LogP contribution in [0.4, 0.5) is 0 Å². The van der Waals surface area contributed by atoms with E-state index in [9.17, 15) is 0 Å². The lowest BCUT2D eigenvalue weighted by Crippen LogP contribution is -2.52. The Kier molecular flexibility index (Phi) is 5.90. The van der Waals surface area contributed by atoms with Crippen molar-refractivity contribution in [2.75, 3.05) is 26.7 Å². The van der Waals surface area contributed by atoms with E-state index in [1.165, 1.54) is 25.7 Å². The molecule has 1 rings (SSSR count). The molecule has 0 aliphatic heterocycles. The second-order valence-electron chi connectivity index (χ2n) is 6.04. The van der Waals surface area contributed by atoms with Crippen LogP contribution in [0, 0.1) is 5.92 Å². The highest BCUT2D eigenvalue weighted by molar-refractivity contribution is 4.90. The van der Waals surface area contributed by atoms with E-state index in [-0.39, 0.29) is 5.54 Å². The standard InChI is InChI=1S/C14H30N2O/c1-12(2)17-9-8-16(4)14(3,11-15)10-13-6-5-7-13/h12-13H,5-11,15H2,1-4H3. The van der Waals surface area contributed by atoms with Gasteiger partial charge >= 0.3 is 0 Å². The third-order valence-electron chi connectivity index (χ3n) is 4.19. The summed E-state index contributed by atoms with van der Waals surface area (Å²) in [6.45, 7) is 8.96. The van der Waals surface area contributed by atoms with Gasteiger partial charge in [0.2, 0.25) is 0 Å². The normalized spacial score (nSPS) is 20.6. The van der Waals surface area contributed by atoms with E-state index in [1.807, 2.05) is 0 Å². The summed E-state index contributed by atoms with van der Waals surface area (Å²) >= 11 is 0. The predicted octanol–water partition coefficient (Wildman–Crippen LogP) is 2.25. The van der Waals surface area contributed by atoms with Gasteiger partial charge < -0.3 is 10.5 Å². The molecule has 2 N–H and O–H groups in total. The molecule has 1 fully saturated rings. The SMILES string of the molecule is CC(C)OCCN(C)C(C)(CN)CC1CCC1. The fourth-order valence-electron chi connectivity index (χ4n) is 2.41. The Labute approximate surface area is 107 Å². The van der Waals surface area contributed by atoms with Gasteiger partial charge in [-0.25, -0.2) is 0 Å². The van der Waals surface area contributed by atoms with Gasteiger partial charge in [-0.1, -0.05) is 19.3 Å². The first-order valence-corrected chi connectivity index (χ1v) is 7.01. The number of rotatable bonds is 8. The Balaban J connectivity index is 2.34. The summed E-state index contributed by atoms with van der Waals surface area (Å²) in [6.07, 6.45) is 5.75. The first kappa shape index (κ1) is 14.9. The van der Waals surface area contributed by atoms with Crippen LogP contribution in [0.15, 0.2) is 0 Å². The average molecular weight is 242 g/mol. The second-order valence-corrected chi connectivity index (χ2v) is 6.04. The molecule has 0 heterocycles. The fraction of sp³-hybridized carbons (Fsp3) is 1.00. The molecule has 0 aromatic heterocycles. The first-order valence-electron chi connectivity index (χ1n) is 7.01. The van der Waals surface area contributed by atoms with Gasteiger partial charge in [-0.05, 0) is 40.2 Å². The smallest absolute Gasteiger partial charge is 0.0597 e. The van der Waals surface area contributed by atoms with E-state index in [4.69, 9.17) is 10.5 Å². The second kappa shape index (κ2) is 6.72. The molecule has 0 spiro atoms. The number of likely N-dealkylation sites (N-methyl/N-ethyl adjacent to an activating group) is 1. The average Bonchev–Trinajstić information content (AvgIpc) is 2.22. The van der Waals surface area contributed by atoms with Gasteiger partial charge in [-0.3, -0.25) is 4.90 Å². The van der Waals surface area contributed by atoms with E-state index in [0.717, 1.165) is 25.6 Å². The van der Waals surface area contributed by atoms with Crippen LogP contribution < -0.4 is 5.73 Å². The molecule has 0 amide bonds. The van der Waals surface area contributed by atoms with E-state index in [1.54, 1.807) is 0 Å². The minimum atomic E-state index is 0.144. The topological polar surface area (TPSA) is 38.5 Å². The molecular formula is C14H30N2O. The van der Waals surface area contributed by atoms with Crippen molar-refractivity contribution < 1.29 is 4.74 Å². The van der Waals surface area contributed by atoms with E-state index in [2.05, 4.69) is 32.7 Å². The van der Waals surface area contributed by atoms with Crippen molar-refractivity contribution in [2.24, 2.45) is 11.7 Å². The quantitative estimate of drug-likeness (QED) is 0.709. The van der Waals surface area contributed by atoms with Gasteiger partial charge in [0, 0.05) is 18.6 Å². The predicted molar refractivity (Wildman–Crippen MR) is 73.1 cm³/mol. The lowest BCUT2D eigenvalue weighted by atomic mass is 9.76. The highest BCUT2D eigenvalue weighted by Gasteiger charge is 2.32. The van der Waals surface area contributed by atoms with E-state index < -0.39 is 0 Å². The Morgan fingerprint density at radius 3 is 2.47 bits per heavy atom. The lowest BCUT2D eigenvalue weighted by Gasteiger charge is -2.42. The van der Waals surface area contributed by atoms with Crippen molar-refractivity contribution in [1.29, 1.82) is 0 Å². The first-order chi connectivity index (χ1) is 7.98. The fourth-order valence-corrected chi connectivity index (χ4v) is 2.41. The zero-order chi connectivity index (χ0) is 12.9. The summed E-state index contributed by atoms with van der Waals surface area (Å²) in [5, 5.41) is 0. The van der Waals surface area contributed by atoms with E-state index in [0.29, 0.717) is 6.10 Å². The molecule has 17 heavy (non-hydrogen) atoms. The van der Waals surface area contributed by atoms with Gasteiger partial charge in [-0.2, -0.15) is 0 Å². The molecule has 0 saturated heterocycles. The molecule has 0 bridgehead atoms. The van der Waals surface area contributed by atoms with E-state index >= 15 is 0 Å². The summed E-state index contributed by atoms with van der Waals surface area (Å²) in [4.78, 5) is 2.38. The molecule has 1 aliphatic carbocycles. The molecule has 3 nitrogen and oxygen atoms in total. The van der Waals surface area contributed by atoms with Crippen LogP contribution in [0.2, 0.25) is 0 Å². The van der Waals surface area contributed by atoms with Crippen molar-refractivity contribution in [3.63, 3.8) is 0 Å². The van der Waals surface area contributed by atoms with Crippen molar-refractivity contribution in [3.8, 4) is 0 Å². The minimum Gasteiger partial charge on any atom is -0.377 e. The zero-order valence-electron chi connectivity index (χ0n) is 12.0. The summed E-state index contributed by atoms with van der Waals surface area (Å²) in [5.74, 6) is 0.900. The van der Waals surface area contributed by atoms with Gasteiger partial charge in [-0.15, -0.1) is 0 Å². The van der Waals surface area contributed by atoms with Crippen LogP contribution in [-0.4, -0.2) is 43.3 Å². The Morgan fingerprint density at radius 2 is 2.06 bits per heavy atom. The molecule has 0 aromatic carbocycles. The molecule has 1 aliphatic rings. The molecule has 1 saturated carbocycles. The number of hydrogen-bond acceptors (Lipinski definition) is 3. The van der Waals surface area contributed by atoms with Crippen LogP contribution in [-0.2, 0) is 4.74 Å². The summed E-state index contributed by atoms with van der Waals surface area (Å²) < 4.78 is 5.61. The molecule has 1 atom stereocenters. The van der Waals surface area contributed by atoms with Crippen LogP contribution >= 0.6 is 0 Å². The third kappa shape index (κ3) is 4.57. The van der Waals surface area contributed by atoms with Crippen molar-refractivity contribution >= 4 is 0 Å². The maximum absolute atomic E-state index is 5.98. The molecular weight excluding hydrogens is 212 g/mol. The summed E-state index contributed by atoms with van der Waals surface area (Å²) in [6, 6.07) is 0. The van der Waals surface area contributed by atoms with Crippen LogP contribution in [0.25, 0.3) is 0 Å². The van der Waals surface area contributed by atoms with Crippen molar-refractivity contribution in [3.05, 3.63) is 0 Å². The highest BCUT2D eigenvalue weighted by Crippen LogP contribution is 2.35. The number of ether oxygens (including phenoxy) is 1. The van der Waals surface area contributed by atoms with Gasteiger partial charge in [0.1, 0.15) is 0 Å². The maximum Gasteiger partial charge on any atom is 0.0597 e. The van der Waals surface area contributed by atoms with Crippen LogP contribution in [0.1, 0.15) is 46.5 Å². The lowest BCUT2D eigenvalue weighted by molar-refractivity contribution is 0.0277. The Hall–Kier alpha value is -0.120. The summed E-state index contributed by atoms with van der Waals surface area (Å²) in [5.41, 5.74) is 6.13. The third-order valence-corrected chi connectivity index (χ3v) is 4.19. The van der Waals surface area contributed by atoms with Gasteiger partial charge in [0.25, 0.3) is 0 Å². The zero-order valence-corrected chi connectivity index (χ0v) is 12.0. The molecule has 0 aromatic rings. The Bertz CT molecular complexity index is 216. The molecule has 1 unspecified atom stereocenters. The highest BCUT2D eigenvalue weighted by atomic mass is 16.5. The minimum absolute atomic E-state index is 0.144. The monoisotopic (exact) mass is 242 g/mol. The largest absolute Gasteiger partial charge is 0.377 e. The molecule has 3 heteroatoms. The van der Waals surface area contributed by atoms with Gasteiger partial charge in [0.05, 0.1) is 12.7 Å². The molecule has 102 valence electrons. The van der Waals surface area contributed by atoms with Crippen LogP contribution in [0.3, 0.4) is 0 Å². The maximum atomic E-state index is 5.98. The molecule has 0 radical (unpaired) electrons. The van der Waals surface area contributed by atoms with Gasteiger partial charge in [0.15, 0.2) is 0 Å². The van der Waals surface area contributed by atoms with Crippen LogP contribution in [0.5, 0.6) is 0 Å². The van der Waals surface area contributed by atoms with Crippen molar-refractivity contribution in [2.45, 2.75) is 58.1 Å². The van der Waals surface area contributed by atoms with Crippen molar-refractivity contribution in [1.82, 2.24) is 4.90 Å². The Morgan fingerprint density at radius 1 is 1.41 bits per heavy atom. The number of nitrogens with zero attached hydrogens (tertiary/aromatic N) is 1. The number of nitrogens with two attached hydrogens (primary N) is 1.